The van der Waals surface area contributed by atoms with Gasteiger partial charge in [0.05, 0.1) is 7.11 Å². The van der Waals surface area contributed by atoms with E-state index in [1.165, 1.54) is 19.2 Å². The Kier molecular flexibility index (Phi) is 5.36. The monoisotopic (exact) mass is 237 g/mol. The minimum Gasteiger partial charge on any atom is -0.466 e. The number of carbonyl (C=O) groups excluding carboxylic acids is 1. The van der Waals surface area contributed by atoms with Crippen LogP contribution in [0.1, 0.15) is 12.5 Å². The Labute approximate surface area is 100 Å². The molecular formula is C13H16FNO2. The molecule has 0 radical (unpaired) electrons. The molecule has 1 rings (SSSR count). The van der Waals surface area contributed by atoms with E-state index in [9.17, 15) is 9.18 Å². The molecule has 0 fully saturated rings. The molecular weight excluding hydrogens is 221 g/mol. The number of carbonyl (C=O) groups is 1. The van der Waals surface area contributed by atoms with Crippen molar-refractivity contribution in [3.05, 3.63) is 47.3 Å². The topological polar surface area (TPSA) is 38.3 Å². The summed E-state index contributed by atoms with van der Waals surface area (Å²) in [4.78, 5) is 11.1. The van der Waals surface area contributed by atoms with Crippen LogP contribution in [0.3, 0.4) is 0 Å². The fourth-order valence-corrected chi connectivity index (χ4v) is 1.33. The van der Waals surface area contributed by atoms with Crippen LogP contribution < -0.4 is 5.32 Å². The molecule has 0 aliphatic heterocycles. The summed E-state index contributed by atoms with van der Waals surface area (Å²) >= 11 is 0. The Morgan fingerprint density at radius 3 is 2.94 bits per heavy atom. The molecule has 1 aromatic rings. The number of benzene rings is 1. The zero-order chi connectivity index (χ0) is 12.7. The van der Waals surface area contributed by atoms with Gasteiger partial charge in [-0.15, -0.1) is 0 Å². The number of methoxy groups -OCH3 is 1. The van der Waals surface area contributed by atoms with Crippen molar-refractivity contribution in [2.75, 3.05) is 13.7 Å². The highest BCUT2D eigenvalue weighted by Crippen LogP contribution is 2.02. The zero-order valence-corrected chi connectivity index (χ0v) is 10.00. The number of hydrogen-bond donors (Lipinski definition) is 1. The molecule has 0 spiro atoms. The minimum atomic E-state index is -0.336. The van der Waals surface area contributed by atoms with Crippen molar-refractivity contribution < 1.29 is 13.9 Å². The predicted octanol–water partition coefficient (Wildman–Crippen LogP) is 2.03. The summed E-state index contributed by atoms with van der Waals surface area (Å²) in [5.74, 6) is -0.580. The van der Waals surface area contributed by atoms with Crippen molar-refractivity contribution in [2.24, 2.45) is 0 Å². The lowest BCUT2D eigenvalue weighted by atomic mass is 10.2. The van der Waals surface area contributed by atoms with E-state index in [2.05, 4.69) is 10.1 Å². The first-order valence-corrected chi connectivity index (χ1v) is 5.33. The summed E-state index contributed by atoms with van der Waals surface area (Å²) in [5.41, 5.74) is 1.42. The number of ether oxygens (including phenoxy) is 1. The fraction of sp³-hybridized carbons (Fsp3) is 0.308. The summed E-state index contributed by atoms with van der Waals surface area (Å²) in [5, 5.41) is 3.09. The Balaban J connectivity index is 2.36. The van der Waals surface area contributed by atoms with Gasteiger partial charge in [0.1, 0.15) is 5.82 Å². The van der Waals surface area contributed by atoms with Crippen molar-refractivity contribution in [1.29, 1.82) is 0 Å². The molecule has 0 aliphatic rings. The Morgan fingerprint density at radius 2 is 2.29 bits per heavy atom. The van der Waals surface area contributed by atoms with Gasteiger partial charge in [-0.25, -0.2) is 9.18 Å². The van der Waals surface area contributed by atoms with E-state index in [1.807, 2.05) is 6.07 Å². The molecule has 0 bridgehead atoms. The molecule has 17 heavy (non-hydrogen) atoms. The van der Waals surface area contributed by atoms with Gasteiger partial charge < -0.3 is 10.1 Å². The normalized spacial score (nSPS) is 11.4. The first-order valence-electron chi connectivity index (χ1n) is 5.33. The molecule has 92 valence electrons. The number of nitrogens with one attached hydrogen (secondary N) is 1. The Bertz CT molecular complexity index is 416. The molecule has 3 nitrogen and oxygen atoms in total. The smallest absolute Gasteiger partial charge is 0.333 e. The second-order valence-corrected chi connectivity index (χ2v) is 3.64. The lowest BCUT2D eigenvalue weighted by Crippen LogP contribution is -2.14. The van der Waals surface area contributed by atoms with E-state index < -0.39 is 0 Å². The van der Waals surface area contributed by atoms with E-state index in [1.54, 1.807) is 19.1 Å². The molecule has 0 aliphatic carbocycles. The summed E-state index contributed by atoms with van der Waals surface area (Å²) in [7, 11) is 1.35. The van der Waals surface area contributed by atoms with Crippen molar-refractivity contribution in [3.8, 4) is 0 Å². The average Bonchev–Trinajstić information content (AvgIpc) is 2.33. The van der Waals surface area contributed by atoms with Crippen LogP contribution in [0.15, 0.2) is 35.9 Å². The third-order valence-corrected chi connectivity index (χ3v) is 2.28. The lowest BCUT2D eigenvalue weighted by molar-refractivity contribution is -0.136. The highest BCUT2D eigenvalue weighted by atomic mass is 19.1. The Morgan fingerprint density at radius 1 is 1.53 bits per heavy atom. The zero-order valence-electron chi connectivity index (χ0n) is 10.00. The van der Waals surface area contributed by atoms with Gasteiger partial charge >= 0.3 is 5.97 Å². The molecule has 0 saturated carbocycles. The standard InChI is InChI=1S/C13H16FNO2/c1-10(13(16)17-2)6-7-15-9-11-4-3-5-12(14)8-11/h3-6,8,15H,7,9H2,1-2H3/b10-6+. The van der Waals surface area contributed by atoms with Crippen LogP contribution in [0.5, 0.6) is 0 Å². The average molecular weight is 237 g/mol. The molecule has 4 heteroatoms. The van der Waals surface area contributed by atoms with Crippen LogP contribution in [0.4, 0.5) is 4.39 Å². The molecule has 0 amide bonds. The van der Waals surface area contributed by atoms with E-state index in [0.717, 1.165) is 5.56 Å². The van der Waals surface area contributed by atoms with E-state index in [4.69, 9.17) is 0 Å². The summed E-state index contributed by atoms with van der Waals surface area (Å²) in [6, 6.07) is 6.39. The van der Waals surface area contributed by atoms with Gasteiger partial charge in [0.2, 0.25) is 0 Å². The second-order valence-electron chi connectivity index (χ2n) is 3.64. The third kappa shape index (κ3) is 4.78. The molecule has 0 aromatic heterocycles. The van der Waals surface area contributed by atoms with E-state index >= 15 is 0 Å². The van der Waals surface area contributed by atoms with Gasteiger partial charge in [-0.2, -0.15) is 0 Å². The van der Waals surface area contributed by atoms with E-state index in [0.29, 0.717) is 18.7 Å². The molecule has 1 aromatic carbocycles. The van der Waals surface area contributed by atoms with Gasteiger partial charge in [-0.05, 0) is 24.6 Å². The highest BCUT2D eigenvalue weighted by Gasteiger charge is 2.01. The number of rotatable bonds is 5. The highest BCUT2D eigenvalue weighted by molar-refractivity contribution is 5.87. The van der Waals surface area contributed by atoms with Crippen molar-refractivity contribution in [2.45, 2.75) is 13.5 Å². The fourth-order valence-electron chi connectivity index (χ4n) is 1.33. The van der Waals surface area contributed by atoms with Crippen LogP contribution in [0, 0.1) is 5.82 Å². The number of halogens is 1. The third-order valence-electron chi connectivity index (χ3n) is 2.28. The van der Waals surface area contributed by atoms with Crippen LogP contribution in [-0.4, -0.2) is 19.6 Å². The van der Waals surface area contributed by atoms with Crippen LogP contribution in [-0.2, 0) is 16.1 Å². The van der Waals surface area contributed by atoms with Gasteiger partial charge in [-0.1, -0.05) is 18.2 Å². The van der Waals surface area contributed by atoms with Crippen molar-refractivity contribution >= 4 is 5.97 Å². The minimum absolute atomic E-state index is 0.245. The van der Waals surface area contributed by atoms with Crippen LogP contribution >= 0.6 is 0 Å². The van der Waals surface area contributed by atoms with Gasteiger partial charge in [0.25, 0.3) is 0 Å². The molecule has 0 heterocycles. The largest absolute Gasteiger partial charge is 0.466 e. The first kappa shape index (κ1) is 13.4. The van der Waals surface area contributed by atoms with Crippen LogP contribution in [0.2, 0.25) is 0 Å². The second kappa shape index (κ2) is 6.81. The number of hydrogen-bond acceptors (Lipinski definition) is 3. The summed E-state index contributed by atoms with van der Waals surface area (Å²) in [6.07, 6.45) is 1.74. The SMILES string of the molecule is COC(=O)/C(C)=C/CNCc1cccc(F)c1. The summed E-state index contributed by atoms with van der Waals surface area (Å²) < 4.78 is 17.4. The predicted molar refractivity (Wildman–Crippen MR) is 63.9 cm³/mol. The maximum atomic E-state index is 12.9. The van der Waals surface area contributed by atoms with Gasteiger partial charge in [0.15, 0.2) is 0 Å². The maximum Gasteiger partial charge on any atom is 0.333 e. The van der Waals surface area contributed by atoms with Crippen molar-refractivity contribution in [1.82, 2.24) is 5.32 Å². The molecule has 0 saturated heterocycles. The van der Waals surface area contributed by atoms with Crippen molar-refractivity contribution in [3.63, 3.8) is 0 Å². The van der Waals surface area contributed by atoms with Gasteiger partial charge in [0, 0.05) is 18.7 Å². The first-order chi connectivity index (χ1) is 8.13. The lowest BCUT2D eigenvalue weighted by Gasteiger charge is -2.03. The number of esters is 1. The quantitative estimate of drug-likeness (QED) is 0.484. The Hall–Kier alpha value is -1.68. The molecule has 0 atom stereocenters. The van der Waals surface area contributed by atoms with Crippen LogP contribution in [0.25, 0.3) is 0 Å². The maximum absolute atomic E-state index is 12.9. The summed E-state index contributed by atoms with van der Waals surface area (Å²) in [6.45, 7) is 2.79. The molecule has 1 N–H and O–H groups in total. The van der Waals surface area contributed by atoms with Gasteiger partial charge in [-0.3, -0.25) is 0 Å². The van der Waals surface area contributed by atoms with E-state index in [-0.39, 0.29) is 11.8 Å². The molecule has 0 unspecified atom stereocenters.